The lowest BCUT2D eigenvalue weighted by atomic mass is 10.0. The van der Waals surface area contributed by atoms with E-state index in [1.54, 1.807) is 12.3 Å². The molecule has 1 N–H and O–H groups in total. The number of anilines is 2. The molecule has 1 aromatic carbocycles. The van der Waals surface area contributed by atoms with Crippen molar-refractivity contribution in [3.05, 3.63) is 51.2 Å². The van der Waals surface area contributed by atoms with Gasteiger partial charge in [-0.1, -0.05) is 11.6 Å². The topological polar surface area (TPSA) is 52.2 Å². The average molecular weight is 349 g/mol. The van der Waals surface area contributed by atoms with E-state index < -0.39 is 0 Å². The minimum absolute atomic E-state index is 0.165. The van der Waals surface area contributed by atoms with Crippen molar-refractivity contribution in [2.75, 3.05) is 29.4 Å². The molecule has 24 heavy (non-hydrogen) atoms. The molecule has 1 saturated heterocycles. The first-order valence-electron chi connectivity index (χ1n) is 8.16. The summed E-state index contributed by atoms with van der Waals surface area (Å²) in [6.45, 7) is 2.59. The smallest absolute Gasteiger partial charge is 0.285 e. The van der Waals surface area contributed by atoms with Crippen molar-refractivity contribution in [3.8, 4) is 0 Å². The molecule has 2 aliphatic rings. The molecule has 2 aromatic rings. The average Bonchev–Trinajstić information content (AvgIpc) is 3.00. The van der Waals surface area contributed by atoms with Gasteiger partial charge in [-0.15, -0.1) is 0 Å². The second-order valence-corrected chi connectivity index (χ2v) is 6.71. The van der Waals surface area contributed by atoms with Crippen LogP contribution in [0.3, 0.4) is 0 Å². The van der Waals surface area contributed by atoms with Crippen molar-refractivity contribution < 1.29 is 4.39 Å². The fourth-order valence-corrected chi connectivity index (χ4v) is 4.00. The van der Waals surface area contributed by atoms with E-state index in [0.717, 1.165) is 50.1 Å². The normalized spacial score (nSPS) is 18.1. The van der Waals surface area contributed by atoms with Gasteiger partial charge in [-0.05, 0) is 43.0 Å². The molecule has 0 spiro atoms. The molecule has 1 aromatic heterocycles. The summed E-state index contributed by atoms with van der Waals surface area (Å²) in [7, 11) is 0. The number of hydrogen-bond acceptors (Lipinski definition) is 4. The van der Waals surface area contributed by atoms with Gasteiger partial charge in [-0.25, -0.2) is 9.49 Å². The van der Waals surface area contributed by atoms with E-state index >= 15 is 0 Å². The van der Waals surface area contributed by atoms with Crippen LogP contribution in [0.15, 0.2) is 29.2 Å². The van der Waals surface area contributed by atoms with Crippen LogP contribution in [0.1, 0.15) is 18.4 Å². The molecular formula is C17H18ClFN4O. The molecule has 5 nitrogen and oxygen atoms in total. The lowest BCUT2D eigenvalue weighted by Crippen LogP contribution is -2.45. The van der Waals surface area contributed by atoms with E-state index in [2.05, 4.69) is 20.0 Å². The van der Waals surface area contributed by atoms with Gasteiger partial charge in [0.1, 0.15) is 10.8 Å². The number of hydrogen-bond donors (Lipinski definition) is 1. The Bertz CT molecular complexity index is 816. The SMILES string of the molecule is O=c1[nH]ncc(N2CCC(N3CCc4cc(F)ccc43)CC2)c1Cl. The second-order valence-electron chi connectivity index (χ2n) is 6.33. The number of aromatic amines is 1. The first-order valence-corrected chi connectivity index (χ1v) is 8.54. The fourth-order valence-electron chi connectivity index (χ4n) is 3.79. The minimum Gasteiger partial charge on any atom is -0.369 e. The highest BCUT2D eigenvalue weighted by atomic mass is 35.5. The summed E-state index contributed by atoms with van der Waals surface area (Å²) >= 11 is 6.10. The lowest BCUT2D eigenvalue weighted by molar-refractivity contribution is 0.472. The Morgan fingerprint density at radius 2 is 2.00 bits per heavy atom. The molecule has 0 atom stereocenters. The molecular weight excluding hydrogens is 331 g/mol. The molecule has 0 unspecified atom stereocenters. The first-order chi connectivity index (χ1) is 11.6. The van der Waals surface area contributed by atoms with E-state index in [0.29, 0.717) is 11.7 Å². The van der Waals surface area contributed by atoms with Crippen LogP contribution >= 0.6 is 11.6 Å². The third kappa shape index (κ3) is 2.65. The zero-order chi connectivity index (χ0) is 16.7. The Hall–Kier alpha value is -2.08. The van der Waals surface area contributed by atoms with Crippen molar-refractivity contribution in [2.45, 2.75) is 25.3 Å². The molecule has 0 radical (unpaired) electrons. The first kappa shape index (κ1) is 15.4. The van der Waals surface area contributed by atoms with Crippen molar-refractivity contribution >= 4 is 23.0 Å². The third-order valence-electron chi connectivity index (χ3n) is 5.00. The standard InChI is InChI=1S/C17H18ClFN4O/c18-16-15(10-20-21-17(16)24)22-6-4-13(5-7-22)23-8-3-11-9-12(19)1-2-14(11)23/h1-2,9-10,13H,3-8H2,(H,21,24). The Labute approximate surface area is 144 Å². The van der Waals surface area contributed by atoms with Gasteiger partial charge in [0.15, 0.2) is 0 Å². The van der Waals surface area contributed by atoms with Crippen LogP contribution in [0, 0.1) is 5.82 Å². The molecule has 4 rings (SSSR count). The molecule has 2 aliphatic heterocycles. The van der Waals surface area contributed by atoms with Gasteiger partial charge in [0.2, 0.25) is 0 Å². The lowest BCUT2D eigenvalue weighted by Gasteiger charge is -2.39. The number of nitrogens with one attached hydrogen (secondary N) is 1. The Balaban J connectivity index is 1.48. The fraction of sp³-hybridized carbons (Fsp3) is 0.412. The van der Waals surface area contributed by atoms with Gasteiger partial charge >= 0.3 is 0 Å². The Kier molecular flexibility index (Phi) is 3.92. The molecule has 1 fully saturated rings. The van der Waals surface area contributed by atoms with Gasteiger partial charge in [-0.3, -0.25) is 4.79 Å². The van der Waals surface area contributed by atoms with Crippen LogP contribution in [0.5, 0.6) is 0 Å². The van der Waals surface area contributed by atoms with Crippen LogP contribution in [0.2, 0.25) is 5.02 Å². The molecule has 0 saturated carbocycles. The number of H-pyrrole nitrogens is 1. The number of nitrogens with zero attached hydrogens (tertiary/aromatic N) is 3. The molecule has 0 bridgehead atoms. The number of aromatic nitrogens is 2. The quantitative estimate of drug-likeness (QED) is 0.906. The summed E-state index contributed by atoms with van der Waals surface area (Å²) in [5.74, 6) is -0.165. The van der Waals surface area contributed by atoms with Gasteiger partial charge in [-0.2, -0.15) is 5.10 Å². The summed E-state index contributed by atoms with van der Waals surface area (Å²) in [4.78, 5) is 16.1. The van der Waals surface area contributed by atoms with Gasteiger partial charge in [0.05, 0.1) is 11.9 Å². The predicted octanol–water partition coefficient (Wildman–Crippen LogP) is 2.59. The monoisotopic (exact) mass is 348 g/mol. The van der Waals surface area contributed by atoms with Crippen molar-refractivity contribution in [1.29, 1.82) is 0 Å². The van der Waals surface area contributed by atoms with Gasteiger partial charge < -0.3 is 9.80 Å². The van der Waals surface area contributed by atoms with Crippen LogP contribution in [-0.2, 0) is 6.42 Å². The summed E-state index contributed by atoms with van der Waals surface area (Å²) in [5, 5.41) is 6.39. The van der Waals surface area contributed by atoms with Gasteiger partial charge in [0, 0.05) is 31.4 Å². The number of halogens is 2. The second kappa shape index (κ2) is 6.09. The summed E-state index contributed by atoms with van der Waals surface area (Å²) in [5.41, 5.74) is 2.60. The maximum absolute atomic E-state index is 13.4. The summed E-state index contributed by atoms with van der Waals surface area (Å²) < 4.78 is 13.4. The molecule has 0 aliphatic carbocycles. The van der Waals surface area contributed by atoms with Crippen LogP contribution in [0.25, 0.3) is 0 Å². The van der Waals surface area contributed by atoms with E-state index in [4.69, 9.17) is 11.6 Å². The van der Waals surface area contributed by atoms with E-state index in [1.165, 1.54) is 6.07 Å². The molecule has 7 heteroatoms. The maximum atomic E-state index is 13.4. The Morgan fingerprint density at radius 3 is 2.79 bits per heavy atom. The summed E-state index contributed by atoms with van der Waals surface area (Å²) in [6, 6.07) is 5.50. The van der Waals surface area contributed by atoms with Gasteiger partial charge in [0.25, 0.3) is 5.56 Å². The largest absolute Gasteiger partial charge is 0.369 e. The van der Waals surface area contributed by atoms with Crippen LogP contribution in [0.4, 0.5) is 15.8 Å². The zero-order valence-corrected chi connectivity index (χ0v) is 13.9. The van der Waals surface area contributed by atoms with Crippen molar-refractivity contribution in [1.82, 2.24) is 10.2 Å². The van der Waals surface area contributed by atoms with E-state index in [-0.39, 0.29) is 16.4 Å². The highest BCUT2D eigenvalue weighted by Gasteiger charge is 2.30. The predicted molar refractivity (Wildman–Crippen MR) is 92.6 cm³/mol. The summed E-state index contributed by atoms with van der Waals surface area (Å²) in [6.07, 6.45) is 4.45. The van der Waals surface area contributed by atoms with Crippen LogP contribution < -0.4 is 15.4 Å². The van der Waals surface area contributed by atoms with Crippen LogP contribution in [-0.4, -0.2) is 35.9 Å². The molecule has 3 heterocycles. The maximum Gasteiger partial charge on any atom is 0.285 e. The highest BCUT2D eigenvalue weighted by molar-refractivity contribution is 6.33. The third-order valence-corrected chi connectivity index (χ3v) is 5.36. The van der Waals surface area contributed by atoms with E-state index in [1.807, 2.05) is 6.07 Å². The minimum atomic E-state index is -0.355. The number of piperidine rings is 1. The highest BCUT2D eigenvalue weighted by Crippen LogP contribution is 2.34. The molecule has 126 valence electrons. The number of rotatable bonds is 2. The van der Waals surface area contributed by atoms with E-state index in [9.17, 15) is 9.18 Å². The number of benzene rings is 1. The van der Waals surface area contributed by atoms with Crippen molar-refractivity contribution in [2.24, 2.45) is 0 Å². The molecule has 0 amide bonds. The van der Waals surface area contributed by atoms with Crippen molar-refractivity contribution in [3.63, 3.8) is 0 Å². The number of fused-ring (bicyclic) bond motifs is 1. The Morgan fingerprint density at radius 1 is 1.21 bits per heavy atom. The zero-order valence-electron chi connectivity index (χ0n) is 13.1.